The minimum Gasteiger partial charge on any atom is -0.481 e. The first kappa shape index (κ1) is 14.8. The fourth-order valence-electron chi connectivity index (χ4n) is 1.97. The van der Waals surface area contributed by atoms with Gasteiger partial charge in [-0.2, -0.15) is 5.10 Å². The SMILES string of the molecule is CC[C@H](Oc1ccc(Br)cc1)C(=O)n1nc(C)cc1C. The molecule has 0 bridgehead atoms. The second-order valence-corrected chi connectivity index (χ2v) is 5.56. The lowest BCUT2D eigenvalue weighted by atomic mass is 10.2. The highest BCUT2D eigenvalue weighted by atomic mass is 79.9. The summed E-state index contributed by atoms with van der Waals surface area (Å²) in [5.41, 5.74) is 1.65. The summed E-state index contributed by atoms with van der Waals surface area (Å²) < 4.78 is 8.16. The van der Waals surface area contributed by atoms with Crippen LogP contribution in [0.5, 0.6) is 5.75 Å². The Morgan fingerprint density at radius 2 is 2.00 bits per heavy atom. The smallest absolute Gasteiger partial charge is 0.288 e. The fourth-order valence-corrected chi connectivity index (χ4v) is 2.24. The van der Waals surface area contributed by atoms with Crippen molar-refractivity contribution in [2.24, 2.45) is 0 Å². The van der Waals surface area contributed by atoms with E-state index in [2.05, 4.69) is 21.0 Å². The second kappa shape index (κ2) is 6.22. The number of carbonyl (C=O) groups excluding carboxylic acids is 1. The summed E-state index contributed by atoms with van der Waals surface area (Å²) >= 11 is 3.37. The van der Waals surface area contributed by atoms with Gasteiger partial charge in [0.05, 0.1) is 5.69 Å². The molecule has 106 valence electrons. The molecule has 2 rings (SSSR count). The number of hydrogen-bond acceptors (Lipinski definition) is 3. The summed E-state index contributed by atoms with van der Waals surface area (Å²) in [5.74, 6) is 0.538. The number of nitrogens with zero attached hydrogens (tertiary/aromatic N) is 2. The van der Waals surface area contributed by atoms with E-state index in [1.165, 1.54) is 4.68 Å². The summed E-state index contributed by atoms with van der Waals surface area (Å²) in [7, 11) is 0. The number of aryl methyl sites for hydroxylation is 2. The van der Waals surface area contributed by atoms with Crippen molar-refractivity contribution in [1.29, 1.82) is 0 Å². The first-order valence-electron chi connectivity index (χ1n) is 6.51. The van der Waals surface area contributed by atoms with Crippen molar-refractivity contribution in [3.8, 4) is 5.75 Å². The molecule has 0 fully saturated rings. The molecule has 1 aromatic carbocycles. The highest BCUT2D eigenvalue weighted by Gasteiger charge is 2.22. The van der Waals surface area contributed by atoms with Gasteiger partial charge in [-0.3, -0.25) is 4.79 Å². The monoisotopic (exact) mass is 336 g/mol. The number of rotatable bonds is 4. The summed E-state index contributed by atoms with van der Waals surface area (Å²) in [5, 5.41) is 4.21. The van der Waals surface area contributed by atoms with Crippen LogP contribution in [-0.2, 0) is 0 Å². The highest BCUT2D eigenvalue weighted by Crippen LogP contribution is 2.19. The molecule has 0 unspecified atom stereocenters. The van der Waals surface area contributed by atoms with Crippen LogP contribution in [0, 0.1) is 13.8 Å². The van der Waals surface area contributed by atoms with Crippen molar-refractivity contribution in [2.75, 3.05) is 0 Å². The van der Waals surface area contributed by atoms with Crippen molar-refractivity contribution in [2.45, 2.75) is 33.3 Å². The summed E-state index contributed by atoms with van der Waals surface area (Å²) in [6, 6.07) is 9.32. The van der Waals surface area contributed by atoms with Gasteiger partial charge in [0.15, 0.2) is 6.10 Å². The third-order valence-corrected chi connectivity index (χ3v) is 3.49. The maximum absolute atomic E-state index is 12.4. The lowest BCUT2D eigenvalue weighted by Gasteiger charge is -2.17. The van der Waals surface area contributed by atoms with Gasteiger partial charge < -0.3 is 4.74 Å². The first-order chi connectivity index (χ1) is 9.51. The maximum Gasteiger partial charge on any atom is 0.288 e. The molecule has 1 aromatic heterocycles. The van der Waals surface area contributed by atoms with Crippen LogP contribution in [0.1, 0.15) is 29.5 Å². The molecular weight excluding hydrogens is 320 g/mol. The molecule has 0 amide bonds. The van der Waals surface area contributed by atoms with Crippen LogP contribution in [0.15, 0.2) is 34.8 Å². The van der Waals surface area contributed by atoms with E-state index in [0.29, 0.717) is 12.2 Å². The molecule has 0 N–H and O–H groups in total. The second-order valence-electron chi connectivity index (χ2n) is 4.65. The topological polar surface area (TPSA) is 44.1 Å². The fraction of sp³-hybridized carbons (Fsp3) is 0.333. The van der Waals surface area contributed by atoms with E-state index in [1.807, 2.05) is 51.1 Å². The number of ether oxygens (including phenoxy) is 1. The van der Waals surface area contributed by atoms with Gasteiger partial charge in [0.2, 0.25) is 0 Å². The molecule has 5 heteroatoms. The zero-order valence-electron chi connectivity index (χ0n) is 11.8. The average Bonchev–Trinajstić information content (AvgIpc) is 2.76. The van der Waals surface area contributed by atoms with Crippen molar-refractivity contribution in [3.63, 3.8) is 0 Å². The molecule has 1 atom stereocenters. The number of benzene rings is 1. The van der Waals surface area contributed by atoms with Crippen molar-refractivity contribution in [3.05, 3.63) is 46.2 Å². The van der Waals surface area contributed by atoms with Gasteiger partial charge in [0.1, 0.15) is 5.75 Å². The van der Waals surface area contributed by atoms with E-state index in [0.717, 1.165) is 15.9 Å². The van der Waals surface area contributed by atoms with E-state index in [1.54, 1.807) is 0 Å². The average molecular weight is 337 g/mol. The van der Waals surface area contributed by atoms with Gasteiger partial charge >= 0.3 is 0 Å². The van der Waals surface area contributed by atoms with Crippen LogP contribution in [-0.4, -0.2) is 21.8 Å². The largest absolute Gasteiger partial charge is 0.481 e. The molecule has 0 aliphatic carbocycles. The molecule has 4 nitrogen and oxygen atoms in total. The Balaban J connectivity index is 2.17. The Hall–Kier alpha value is -1.62. The lowest BCUT2D eigenvalue weighted by Crippen LogP contribution is -2.32. The Kier molecular flexibility index (Phi) is 4.60. The molecule has 0 radical (unpaired) electrons. The molecule has 0 saturated carbocycles. The summed E-state index contributed by atoms with van der Waals surface area (Å²) in [4.78, 5) is 12.4. The van der Waals surface area contributed by atoms with E-state index < -0.39 is 6.10 Å². The van der Waals surface area contributed by atoms with Crippen LogP contribution >= 0.6 is 15.9 Å². The number of carbonyl (C=O) groups is 1. The van der Waals surface area contributed by atoms with E-state index in [-0.39, 0.29) is 5.91 Å². The highest BCUT2D eigenvalue weighted by molar-refractivity contribution is 9.10. The Morgan fingerprint density at radius 1 is 1.35 bits per heavy atom. The van der Waals surface area contributed by atoms with Gasteiger partial charge in [-0.25, -0.2) is 4.68 Å². The van der Waals surface area contributed by atoms with Crippen LogP contribution in [0.2, 0.25) is 0 Å². The molecule has 20 heavy (non-hydrogen) atoms. The van der Waals surface area contributed by atoms with Gasteiger partial charge in [-0.1, -0.05) is 22.9 Å². The molecule has 0 aliphatic rings. The first-order valence-corrected chi connectivity index (χ1v) is 7.30. The van der Waals surface area contributed by atoms with Crippen molar-refractivity contribution < 1.29 is 9.53 Å². The summed E-state index contributed by atoms with van der Waals surface area (Å²) in [6.45, 7) is 5.66. The molecule has 0 aliphatic heterocycles. The summed E-state index contributed by atoms with van der Waals surface area (Å²) in [6.07, 6.45) is 0.0573. The van der Waals surface area contributed by atoms with Gasteiger partial charge in [0.25, 0.3) is 5.91 Å². The van der Waals surface area contributed by atoms with E-state index >= 15 is 0 Å². The number of hydrogen-bond donors (Lipinski definition) is 0. The van der Waals surface area contributed by atoms with E-state index in [4.69, 9.17) is 4.74 Å². The lowest BCUT2D eigenvalue weighted by molar-refractivity contribution is 0.0674. The minimum atomic E-state index is -0.533. The Labute approximate surface area is 126 Å². The van der Waals surface area contributed by atoms with Crippen LogP contribution in [0.3, 0.4) is 0 Å². The maximum atomic E-state index is 12.4. The molecule has 0 spiro atoms. The quantitative estimate of drug-likeness (QED) is 0.853. The number of halogens is 1. The van der Waals surface area contributed by atoms with Gasteiger partial charge in [-0.15, -0.1) is 0 Å². The Bertz CT molecular complexity index is 605. The van der Waals surface area contributed by atoms with Crippen LogP contribution < -0.4 is 4.74 Å². The Morgan fingerprint density at radius 3 is 2.50 bits per heavy atom. The third kappa shape index (κ3) is 3.28. The zero-order chi connectivity index (χ0) is 14.7. The van der Waals surface area contributed by atoms with Crippen LogP contribution in [0.25, 0.3) is 0 Å². The molecule has 1 heterocycles. The number of aromatic nitrogens is 2. The zero-order valence-corrected chi connectivity index (χ0v) is 13.3. The standard InChI is InChI=1S/C15H17BrN2O2/c1-4-14(20-13-7-5-12(16)6-8-13)15(19)18-11(3)9-10(2)17-18/h5-9,14H,4H2,1-3H3/t14-/m0/s1. The van der Waals surface area contributed by atoms with Crippen molar-refractivity contribution >= 4 is 21.8 Å². The van der Waals surface area contributed by atoms with Crippen LogP contribution in [0.4, 0.5) is 0 Å². The van der Waals surface area contributed by atoms with Gasteiger partial charge in [-0.05, 0) is 50.6 Å². The predicted molar refractivity (Wildman–Crippen MR) is 81.2 cm³/mol. The molecule has 0 saturated heterocycles. The predicted octanol–water partition coefficient (Wildman–Crippen LogP) is 3.76. The van der Waals surface area contributed by atoms with Crippen molar-refractivity contribution in [1.82, 2.24) is 9.78 Å². The third-order valence-electron chi connectivity index (χ3n) is 2.96. The van der Waals surface area contributed by atoms with Gasteiger partial charge in [0, 0.05) is 10.2 Å². The minimum absolute atomic E-state index is 0.138. The van der Waals surface area contributed by atoms with E-state index in [9.17, 15) is 4.79 Å². The normalized spacial score (nSPS) is 12.2. The molecule has 2 aromatic rings. The molecular formula is C15H17BrN2O2.